The summed E-state index contributed by atoms with van der Waals surface area (Å²) < 4.78 is 11.7. The molecule has 3 rings (SSSR count). The van der Waals surface area contributed by atoms with Gasteiger partial charge >= 0.3 is 5.97 Å². The molecule has 32 heavy (non-hydrogen) atoms. The van der Waals surface area contributed by atoms with Crippen molar-refractivity contribution in [3.05, 3.63) is 52.4 Å². The number of Topliss-reactive ketones (excluding diaryl/α,β-unsaturated/α-hetero) is 1. The Balaban J connectivity index is 2.09. The van der Waals surface area contributed by atoms with Crippen LogP contribution >= 0.6 is 0 Å². The predicted molar refractivity (Wildman–Crippen MR) is 126 cm³/mol. The maximum atomic E-state index is 13.4. The monoisotopic (exact) mass is 439 g/mol. The number of esters is 1. The van der Waals surface area contributed by atoms with Crippen molar-refractivity contribution in [3.63, 3.8) is 0 Å². The Kier molecular flexibility index (Phi) is 7.81. The second-order valence-electron chi connectivity index (χ2n) is 9.66. The molecule has 0 aromatic heterocycles. The lowest BCUT2D eigenvalue weighted by molar-refractivity contribution is -0.139. The smallest absolute Gasteiger partial charge is 0.336 e. The van der Waals surface area contributed by atoms with Crippen LogP contribution in [0.4, 0.5) is 0 Å². The van der Waals surface area contributed by atoms with E-state index < -0.39 is 5.92 Å². The second kappa shape index (κ2) is 10.4. The normalized spacial score (nSPS) is 20.0. The van der Waals surface area contributed by atoms with Crippen molar-refractivity contribution in [2.45, 2.75) is 79.1 Å². The zero-order valence-corrected chi connectivity index (χ0v) is 20.2. The number of unbranched alkanes of at least 4 members (excludes halogenated alkanes) is 2. The molecule has 1 aliphatic heterocycles. The molecular formula is C27H37NO4. The molecule has 1 aromatic rings. The molecule has 1 atom stereocenters. The van der Waals surface area contributed by atoms with Crippen LogP contribution < -0.4 is 10.1 Å². The molecule has 5 nitrogen and oxygen atoms in total. The molecule has 0 radical (unpaired) electrons. The van der Waals surface area contributed by atoms with Gasteiger partial charge in [-0.2, -0.15) is 0 Å². The first-order valence-electron chi connectivity index (χ1n) is 11.9. The first-order valence-corrected chi connectivity index (χ1v) is 11.9. The fraction of sp³-hybridized carbons (Fsp3) is 0.556. The van der Waals surface area contributed by atoms with E-state index in [2.05, 4.69) is 33.0 Å². The molecule has 0 fully saturated rings. The minimum Gasteiger partial charge on any atom is -0.493 e. The summed E-state index contributed by atoms with van der Waals surface area (Å²) in [5, 5.41) is 3.39. The number of nitrogens with one attached hydrogen (secondary N) is 1. The largest absolute Gasteiger partial charge is 0.493 e. The van der Waals surface area contributed by atoms with Gasteiger partial charge in [-0.1, -0.05) is 58.7 Å². The zero-order valence-electron chi connectivity index (χ0n) is 20.2. The maximum Gasteiger partial charge on any atom is 0.336 e. The molecule has 1 aromatic carbocycles. The molecular weight excluding hydrogens is 402 g/mol. The molecule has 0 saturated carbocycles. The summed E-state index contributed by atoms with van der Waals surface area (Å²) in [6.45, 7) is 11.3. The van der Waals surface area contributed by atoms with E-state index in [0.717, 1.165) is 54.8 Å². The number of hydrogen-bond donors (Lipinski definition) is 1. The summed E-state index contributed by atoms with van der Waals surface area (Å²) in [6, 6.07) is 7.78. The van der Waals surface area contributed by atoms with Crippen molar-refractivity contribution in [2.75, 3.05) is 13.2 Å². The number of dihydropyridines is 1. The third-order valence-electron chi connectivity index (χ3n) is 6.18. The van der Waals surface area contributed by atoms with Crippen LogP contribution in [0.2, 0.25) is 0 Å². The lowest BCUT2D eigenvalue weighted by Crippen LogP contribution is -2.38. The van der Waals surface area contributed by atoms with E-state index in [1.165, 1.54) is 0 Å². The number of carbonyl (C=O) groups excluding carboxylic acids is 2. The highest BCUT2D eigenvalue weighted by Gasteiger charge is 2.43. The summed E-state index contributed by atoms with van der Waals surface area (Å²) >= 11 is 0. The van der Waals surface area contributed by atoms with Gasteiger partial charge in [-0.3, -0.25) is 4.79 Å². The topological polar surface area (TPSA) is 64.6 Å². The number of carbonyl (C=O) groups is 2. The molecule has 174 valence electrons. The molecule has 1 N–H and O–H groups in total. The molecule has 1 aliphatic carbocycles. The lowest BCUT2D eigenvalue weighted by Gasteiger charge is -2.39. The Hall–Kier alpha value is -2.56. The van der Waals surface area contributed by atoms with Crippen molar-refractivity contribution in [2.24, 2.45) is 5.41 Å². The maximum absolute atomic E-state index is 13.4. The van der Waals surface area contributed by atoms with Crippen molar-refractivity contribution in [1.29, 1.82) is 0 Å². The molecule has 5 heteroatoms. The molecule has 2 aliphatic rings. The average Bonchev–Trinajstić information content (AvgIpc) is 2.72. The fourth-order valence-corrected chi connectivity index (χ4v) is 4.58. The molecule has 0 spiro atoms. The van der Waals surface area contributed by atoms with E-state index >= 15 is 0 Å². The highest BCUT2D eigenvalue weighted by atomic mass is 16.5. The Morgan fingerprint density at radius 3 is 2.50 bits per heavy atom. The van der Waals surface area contributed by atoms with Crippen LogP contribution in [0, 0.1) is 5.41 Å². The summed E-state index contributed by atoms with van der Waals surface area (Å²) in [6.07, 6.45) is 4.96. The molecule has 0 saturated heterocycles. The molecule has 0 amide bonds. The minimum absolute atomic E-state index is 0.0865. The third kappa shape index (κ3) is 5.25. The van der Waals surface area contributed by atoms with Gasteiger partial charge in [0.1, 0.15) is 5.75 Å². The van der Waals surface area contributed by atoms with Gasteiger partial charge in [0.15, 0.2) is 5.78 Å². The standard InChI is InChI=1S/C27H37NO4/c1-6-8-14-31-22-13-11-10-12-19(22)24-23(26(30)32-15-9-7-2)18(3)28-20-16-27(4,5)17-21(29)25(20)24/h10-13,24,28H,6-9,14-17H2,1-5H3/t24-/m1/s1. The number of rotatable bonds is 9. The van der Waals surface area contributed by atoms with Gasteiger partial charge in [0.2, 0.25) is 0 Å². The SMILES string of the molecule is CCCCOC(=O)C1=C(C)NC2=C(C(=O)CC(C)(C)C2)[C@@H]1c1ccccc1OCCCC. The predicted octanol–water partition coefficient (Wildman–Crippen LogP) is 5.81. The van der Waals surface area contributed by atoms with E-state index in [1.54, 1.807) is 0 Å². The van der Waals surface area contributed by atoms with Gasteiger partial charge in [0, 0.05) is 29.0 Å². The number of ketones is 1. The minimum atomic E-state index is -0.484. The highest BCUT2D eigenvalue weighted by Crippen LogP contribution is 2.48. The Bertz CT molecular complexity index is 925. The van der Waals surface area contributed by atoms with E-state index in [1.807, 2.05) is 31.2 Å². The first kappa shape index (κ1) is 24.1. The fourth-order valence-electron chi connectivity index (χ4n) is 4.58. The Morgan fingerprint density at radius 2 is 1.78 bits per heavy atom. The van der Waals surface area contributed by atoms with E-state index in [-0.39, 0.29) is 17.2 Å². The van der Waals surface area contributed by atoms with Crippen LogP contribution in [0.3, 0.4) is 0 Å². The second-order valence-corrected chi connectivity index (χ2v) is 9.66. The van der Waals surface area contributed by atoms with Crippen LogP contribution in [-0.4, -0.2) is 25.0 Å². The quantitative estimate of drug-likeness (QED) is 0.388. The van der Waals surface area contributed by atoms with Crippen LogP contribution in [0.15, 0.2) is 46.8 Å². The summed E-state index contributed by atoms with van der Waals surface area (Å²) in [5.41, 5.74) is 3.60. The summed E-state index contributed by atoms with van der Waals surface area (Å²) in [5.74, 6) is -0.0322. The number of ether oxygens (including phenoxy) is 2. The van der Waals surface area contributed by atoms with Crippen molar-refractivity contribution >= 4 is 11.8 Å². The number of hydrogen-bond acceptors (Lipinski definition) is 5. The van der Waals surface area contributed by atoms with E-state index in [4.69, 9.17) is 9.47 Å². The van der Waals surface area contributed by atoms with Crippen LogP contribution in [0.25, 0.3) is 0 Å². The molecule has 0 bridgehead atoms. The first-order chi connectivity index (χ1) is 15.3. The van der Waals surface area contributed by atoms with Crippen LogP contribution in [0.5, 0.6) is 5.75 Å². The van der Waals surface area contributed by atoms with Gasteiger partial charge in [0.05, 0.1) is 24.7 Å². The van der Waals surface area contributed by atoms with Crippen LogP contribution in [-0.2, 0) is 14.3 Å². The average molecular weight is 440 g/mol. The van der Waals surface area contributed by atoms with Gasteiger partial charge in [0.25, 0.3) is 0 Å². The Labute approximate surface area is 192 Å². The van der Waals surface area contributed by atoms with E-state index in [9.17, 15) is 9.59 Å². The lowest BCUT2D eigenvalue weighted by atomic mass is 9.68. The van der Waals surface area contributed by atoms with Gasteiger partial charge < -0.3 is 14.8 Å². The molecule has 0 unspecified atom stereocenters. The van der Waals surface area contributed by atoms with E-state index in [0.29, 0.717) is 30.8 Å². The number of allylic oxidation sites excluding steroid dienone is 3. The van der Waals surface area contributed by atoms with Crippen molar-refractivity contribution in [3.8, 4) is 5.75 Å². The third-order valence-corrected chi connectivity index (χ3v) is 6.18. The van der Waals surface area contributed by atoms with Gasteiger partial charge in [-0.15, -0.1) is 0 Å². The van der Waals surface area contributed by atoms with Gasteiger partial charge in [-0.05, 0) is 37.7 Å². The van der Waals surface area contributed by atoms with Crippen LogP contribution in [0.1, 0.15) is 84.6 Å². The zero-order chi connectivity index (χ0) is 23.3. The van der Waals surface area contributed by atoms with Gasteiger partial charge in [-0.25, -0.2) is 4.79 Å². The summed E-state index contributed by atoms with van der Waals surface area (Å²) in [7, 11) is 0. The number of benzene rings is 1. The Morgan fingerprint density at radius 1 is 1.09 bits per heavy atom. The summed E-state index contributed by atoms with van der Waals surface area (Å²) in [4.78, 5) is 26.7. The van der Waals surface area contributed by atoms with Crippen molar-refractivity contribution < 1.29 is 19.1 Å². The molecule has 1 heterocycles. The van der Waals surface area contributed by atoms with Crippen molar-refractivity contribution in [1.82, 2.24) is 5.32 Å². The highest BCUT2D eigenvalue weighted by molar-refractivity contribution is 6.04. The number of para-hydroxylation sites is 1.